The zero-order valence-corrected chi connectivity index (χ0v) is 49.7. The molecule has 84 heavy (non-hydrogen) atoms. The number of aromatic nitrogens is 3. The number of benzene rings is 5. The van der Waals surface area contributed by atoms with Crippen LogP contribution in [0.5, 0.6) is 17.4 Å². The fourth-order valence-corrected chi connectivity index (χ4v) is 14.1. The first kappa shape index (κ1) is 63.0. The number of aryl methyl sites for hydroxylation is 1. The Morgan fingerprint density at radius 3 is 1.94 bits per heavy atom. The third-order valence-electron chi connectivity index (χ3n) is 11.7. The van der Waals surface area contributed by atoms with Gasteiger partial charge in [-0.3, -0.25) is 31.7 Å². The Morgan fingerprint density at radius 2 is 1.32 bits per heavy atom. The van der Waals surface area contributed by atoms with E-state index >= 15 is 0 Å². The molecular weight excluding hydrogens is 1300 g/mol. The highest BCUT2D eigenvalue weighted by molar-refractivity contribution is 7.99. The van der Waals surface area contributed by atoms with E-state index in [9.17, 15) is 88.2 Å². The Labute approximate surface area is 487 Å². The molecule has 444 valence electrons. The lowest BCUT2D eigenvalue weighted by Gasteiger charge is -2.12. The van der Waals surface area contributed by atoms with Gasteiger partial charge in [0.2, 0.25) is 11.0 Å². The van der Waals surface area contributed by atoms with E-state index in [0.29, 0.717) is 29.0 Å². The largest absolute Gasteiger partial charge is 0.495 e. The van der Waals surface area contributed by atoms with E-state index in [4.69, 9.17) is 21.1 Å². The standard InChI is InChI=1S/C44H37ClN10O21S8/c1-20-12-29(51-53-37-21(2)25(19-46)42-47-38-31(55(42)43(37)56)6-7-32(75-3)41(38)84(72,73)74)33(76-8-4-10-79(57,58)59)17-27(20)49-52-30-16-26(45)28(18-34(30)77-9-5-11-80(60,61)62)50-54-44-48-39-36(83(69,70)71)15-23-24(40(39)78-44)13-22(81(63,64)65)14-35(23)82(66,67)68/h6-7,12-18,56H,4-5,8-11H2,1-3H3,(H,57,58,59)(H,60,61,62)(H,63,64,65)(H,66,67,68)(H,69,70,71)(H,72,73,74). The molecule has 8 aromatic rings. The number of rotatable bonds is 21. The van der Waals surface area contributed by atoms with Gasteiger partial charge in [0.15, 0.2) is 16.2 Å². The summed E-state index contributed by atoms with van der Waals surface area (Å²) in [4.78, 5) is 4.61. The van der Waals surface area contributed by atoms with Gasteiger partial charge in [-0.15, -0.1) is 37.3 Å². The van der Waals surface area contributed by atoms with Gasteiger partial charge in [0.25, 0.3) is 60.7 Å². The van der Waals surface area contributed by atoms with E-state index in [1.165, 1.54) is 43.3 Å². The van der Waals surface area contributed by atoms with E-state index in [1.807, 2.05) is 6.07 Å². The first-order valence-electron chi connectivity index (χ1n) is 22.8. The van der Waals surface area contributed by atoms with Gasteiger partial charge in [-0.25, -0.2) is 9.97 Å². The summed E-state index contributed by atoms with van der Waals surface area (Å²) in [6, 6.07) is 11.4. The summed E-state index contributed by atoms with van der Waals surface area (Å²) >= 11 is 8.15. The van der Waals surface area contributed by atoms with E-state index in [2.05, 4.69) is 40.7 Å². The first-order chi connectivity index (χ1) is 39.0. The number of hydrogen-bond donors (Lipinski definition) is 7. The lowest BCUT2D eigenvalue weighted by atomic mass is 10.1. The van der Waals surface area contributed by atoms with Crippen molar-refractivity contribution in [3.63, 3.8) is 0 Å². The van der Waals surface area contributed by atoms with E-state index in [1.54, 1.807) is 6.92 Å². The first-order valence-corrected chi connectivity index (χ1v) is 34.0. The van der Waals surface area contributed by atoms with Gasteiger partial charge in [-0.05, 0) is 86.5 Å². The molecule has 8 rings (SSSR count). The maximum Gasteiger partial charge on any atom is 0.300 e. The number of ether oxygens (including phenoxy) is 2. The molecule has 0 fully saturated rings. The molecule has 3 aromatic heterocycles. The highest BCUT2D eigenvalue weighted by atomic mass is 35.5. The van der Waals surface area contributed by atoms with Crippen molar-refractivity contribution in [1.29, 1.82) is 5.26 Å². The average molecular weight is 1330 g/mol. The topological polar surface area (TPSA) is 493 Å². The lowest BCUT2D eigenvalue weighted by molar-refractivity contribution is 0.317. The van der Waals surface area contributed by atoms with Crippen molar-refractivity contribution in [2.45, 2.75) is 51.2 Å². The molecule has 0 unspecified atom stereocenters. The number of aromatic hydroxyl groups is 1. The predicted molar refractivity (Wildman–Crippen MR) is 300 cm³/mol. The zero-order valence-electron chi connectivity index (χ0n) is 42.4. The number of thioether (sulfide) groups is 1. The second kappa shape index (κ2) is 23.5. The quantitative estimate of drug-likeness (QED) is 0.0152. The van der Waals surface area contributed by atoms with Crippen LogP contribution in [0.2, 0.25) is 5.02 Å². The van der Waals surface area contributed by atoms with Crippen LogP contribution in [0, 0.1) is 25.2 Å². The van der Waals surface area contributed by atoms with E-state index < -0.39 is 114 Å². The highest BCUT2D eigenvalue weighted by Crippen LogP contribution is 2.46. The summed E-state index contributed by atoms with van der Waals surface area (Å²) in [5, 5.41) is 45.7. The summed E-state index contributed by atoms with van der Waals surface area (Å²) < 4.78 is 216. The molecular formula is C44H37ClN10O21S8. The van der Waals surface area contributed by atoms with Crippen molar-refractivity contribution in [3.8, 4) is 23.4 Å². The number of halogens is 1. The Balaban J connectivity index is 1.21. The number of hydrogen-bond acceptors (Lipinski definition) is 26. The minimum Gasteiger partial charge on any atom is -0.495 e. The van der Waals surface area contributed by atoms with Crippen LogP contribution in [-0.4, -0.2) is 128 Å². The zero-order chi connectivity index (χ0) is 61.8. The molecule has 5 aromatic carbocycles. The second-order valence-electron chi connectivity index (χ2n) is 17.4. The molecule has 0 aliphatic rings. The minimum absolute atomic E-state index is 0.00643. The number of fused-ring (bicyclic) bond motifs is 6. The summed E-state index contributed by atoms with van der Waals surface area (Å²) in [5.41, 5.74) is -1.62. The van der Waals surface area contributed by atoms with Gasteiger partial charge in [-0.1, -0.05) is 22.9 Å². The Kier molecular flexibility index (Phi) is 17.6. The molecule has 0 saturated heterocycles. The average Bonchev–Trinajstić information content (AvgIpc) is 1.55. The normalized spacial score (nSPS) is 13.2. The summed E-state index contributed by atoms with van der Waals surface area (Å²) in [7, 11) is -28.4. The van der Waals surface area contributed by atoms with Crippen LogP contribution in [-0.2, 0) is 60.7 Å². The van der Waals surface area contributed by atoms with Crippen molar-refractivity contribution in [2.24, 2.45) is 30.7 Å². The minimum atomic E-state index is -5.33. The van der Waals surface area contributed by atoms with Gasteiger partial charge in [-0.2, -0.15) is 60.9 Å². The van der Waals surface area contributed by atoms with Gasteiger partial charge in [0, 0.05) is 27.3 Å². The molecule has 0 radical (unpaired) electrons. The Bertz CT molecular complexity index is 4970. The number of methoxy groups -OCH3 is 1. The molecule has 3 heterocycles. The lowest BCUT2D eigenvalue weighted by Crippen LogP contribution is -2.08. The molecule has 0 aliphatic heterocycles. The maximum atomic E-state index is 12.6. The van der Waals surface area contributed by atoms with Crippen LogP contribution in [0.25, 0.3) is 37.7 Å². The second-order valence-corrected chi connectivity index (χ2v) is 28.7. The third kappa shape index (κ3) is 13.7. The summed E-state index contributed by atoms with van der Waals surface area (Å²) in [6.45, 7) is 2.58. The van der Waals surface area contributed by atoms with Gasteiger partial charge < -0.3 is 14.6 Å². The van der Waals surface area contributed by atoms with Crippen molar-refractivity contribution >= 4 is 167 Å². The van der Waals surface area contributed by atoms with E-state index in [-0.39, 0.29) is 113 Å². The van der Waals surface area contributed by atoms with E-state index in [0.717, 1.165) is 29.3 Å². The molecule has 0 saturated carbocycles. The molecule has 0 aliphatic carbocycles. The molecule has 0 atom stereocenters. The summed E-state index contributed by atoms with van der Waals surface area (Å²) in [5.74, 6) is -2.47. The highest BCUT2D eigenvalue weighted by Gasteiger charge is 2.30. The van der Waals surface area contributed by atoms with Crippen molar-refractivity contribution in [3.05, 3.63) is 76.3 Å². The predicted octanol–water partition coefficient (Wildman–Crippen LogP) is 9.37. The van der Waals surface area contributed by atoms with Crippen LogP contribution in [0.1, 0.15) is 29.5 Å². The maximum absolute atomic E-state index is 12.6. The van der Waals surface area contributed by atoms with Gasteiger partial charge in [0.1, 0.15) is 61.0 Å². The summed E-state index contributed by atoms with van der Waals surface area (Å²) in [6.07, 6.45) is -0.350. The van der Waals surface area contributed by atoms with Crippen molar-refractivity contribution in [2.75, 3.05) is 31.0 Å². The van der Waals surface area contributed by atoms with Gasteiger partial charge >= 0.3 is 0 Å². The van der Waals surface area contributed by atoms with Crippen LogP contribution in [0.3, 0.4) is 0 Å². The number of thiazole rings is 1. The number of nitriles is 1. The SMILES string of the molecule is COc1ccc2c(nc3c(C#N)c(C)c(N=Nc4cc(C)c(N=Nc5cc(Cl)c(N=Nc6nc7c(S(=O)(=O)O)cc8c(S(=O)(=O)O)cc(S(=O)(=O)O)cc8c7s6)cc5SCCCS(=O)(=O)O)cc4OCCCS(=O)(=O)O)c(O)n32)c1S(=O)(=O)O. The molecule has 40 heteroatoms. The van der Waals surface area contributed by atoms with Crippen LogP contribution >= 0.6 is 34.7 Å². The molecule has 7 N–H and O–H groups in total. The molecule has 0 spiro atoms. The Morgan fingerprint density at radius 1 is 0.679 bits per heavy atom. The third-order valence-corrected chi connectivity index (χ3v) is 19.2. The monoisotopic (exact) mass is 1330 g/mol. The number of imidazole rings is 1. The van der Waals surface area contributed by atoms with Crippen LogP contribution < -0.4 is 9.47 Å². The smallest absolute Gasteiger partial charge is 0.300 e. The fourth-order valence-electron chi connectivity index (χ4n) is 8.03. The van der Waals surface area contributed by atoms with Crippen LogP contribution in [0.4, 0.5) is 33.6 Å². The number of pyridine rings is 1. The van der Waals surface area contributed by atoms with Crippen molar-refractivity contribution in [1.82, 2.24) is 14.4 Å². The van der Waals surface area contributed by atoms with Gasteiger partial charge in [0.05, 0.1) is 51.0 Å². The Hall–Kier alpha value is -7.01. The van der Waals surface area contributed by atoms with Crippen molar-refractivity contribution < 1.29 is 92.4 Å². The fraction of sp³-hybridized carbons (Fsp3) is 0.205. The molecule has 31 nitrogen and oxygen atoms in total. The number of azo groups is 3. The number of nitrogens with zero attached hydrogens (tertiary/aromatic N) is 10. The molecule has 0 amide bonds. The molecule has 0 bridgehead atoms. The van der Waals surface area contributed by atoms with Crippen LogP contribution in [0.15, 0.2) is 110 Å².